The minimum atomic E-state index is -4.00. The molecule has 0 amide bonds. The van der Waals surface area contributed by atoms with E-state index in [9.17, 15) is 17.2 Å². The summed E-state index contributed by atoms with van der Waals surface area (Å²) in [6.07, 6.45) is 0. The molecule has 19 heavy (non-hydrogen) atoms. The van der Waals surface area contributed by atoms with Crippen LogP contribution in [0, 0.1) is 11.6 Å². The van der Waals surface area contributed by atoms with Crippen molar-refractivity contribution in [1.29, 1.82) is 0 Å². The fourth-order valence-electron chi connectivity index (χ4n) is 1.81. The molecule has 0 spiro atoms. The number of sulfonamides is 1. The maximum absolute atomic E-state index is 13.7. The van der Waals surface area contributed by atoms with E-state index in [4.69, 9.17) is 11.6 Å². The predicted molar refractivity (Wildman–Crippen MR) is 72.0 cm³/mol. The summed E-state index contributed by atoms with van der Waals surface area (Å²) in [6, 6.07) is 2.01. The minimum Gasteiger partial charge on any atom is -0.207 e. The van der Waals surface area contributed by atoms with Crippen LogP contribution in [-0.4, -0.2) is 37.3 Å². The van der Waals surface area contributed by atoms with Crippen LogP contribution in [0.1, 0.15) is 5.56 Å². The Morgan fingerprint density at radius 1 is 1.26 bits per heavy atom. The molecule has 0 aromatic heterocycles. The fraction of sp³-hybridized carbons (Fsp3) is 0.455. The molecule has 0 aliphatic carbocycles. The number of hydrogen-bond donors (Lipinski definition) is 0. The number of alkyl halides is 1. The van der Waals surface area contributed by atoms with Crippen molar-refractivity contribution in [2.75, 3.05) is 24.6 Å². The van der Waals surface area contributed by atoms with Crippen LogP contribution < -0.4 is 0 Å². The summed E-state index contributed by atoms with van der Waals surface area (Å²) in [5.74, 6) is -1.30. The highest BCUT2D eigenvalue weighted by Crippen LogP contribution is 2.25. The second-order valence-corrected chi connectivity index (χ2v) is 7.44. The molecule has 1 fully saturated rings. The van der Waals surface area contributed by atoms with Gasteiger partial charge in [0.15, 0.2) is 11.6 Å². The Kier molecular flexibility index (Phi) is 4.70. The van der Waals surface area contributed by atoms with Crippen LogP contribution in [0.3, 0.4) is 0 Å². The van der Waals surface area contributed by atoms with Crippen molar-refractivity contribution in [2.24, 2.45) is 0 Å². The van der Waals surface area contributed by atoms with E-state index < -0.39 is 26.6 Å². The van der Waals surface area contributed by atoms with Gasteiger partial charge in [-0.2, -0.15) is 16.1 Å². The van der Waals surface area contributed by atoms with E-state index >= 15 is 0 Å². The van der Waals surface area contributed by atoms with Gasteiger partial charge in [0, 0.05) is 30.5 Å². The van der Waals surface area contributed by atoms with Crippen LogP contribution in [0.5, 0.6) is 0 Å². The van der Waals surface area contributed by atoms with E-state index in [1.54, 1.807) is 11.8 Å². The van der Waals surface area contributed by atoms with Crippen molar-refractivity contribution in [3.05, 3.63) is 29.3 Å². The second-order valence-electron chi connectivity index (χ2n) is 4.04. The van der Waals surface area contributed by atoms with Crippen molar-refractivity contribution < 1.29 is 17.2 Å². The maximum Gasteiger partial charge on any atom is 0.246 e. The second kappa shape index (κ2) is 5.95. The van der Waals surface area contributed by atoms with Gasteiger partial charge in [0.1, 0.15) is 4.90 Å². The molecular weight excluding hydrogens is 316 g/mol. The molecule has 3 nitrogen and oxygen atoms in total. The van der Waals surface area contributed by atoms with Gasteiger partial charge in [-0.3, -0.25) is 0 Å². The van der Waals surface area contributed by atoms with Crippen LogP contribution >= 0.6 is 23.4 Å². The van der Waals surface area contributed by atoms with Crippen LogP contribution in [0.2, 0.25) is 0 Å². The fourth-order valence-corrected chi connectivity index (χ4v) is 4.66. The van der Waals surface area contributed by atoms with E-state index in [0.717, 1.165) is 12.1 Å². The lowest BCUT2D eigenvalue weighted by Gasteiger charge is -2.26. The van der Waals surface area contributed by atoms with Crippen molar-refractivity contribution in [2.45, 2.75) is 10.8 Å². The first-order valence-electron chi connectivity index (χ1n) is 5.58. The highest BCUT2D eigenvalue weighted by Gasteiger charge is 2.30. The number of hydrogen-bond acceptors (Lipinski definition) is 3. The lowest BCUT2D eigenvalue weighted by Crippen LogP contribution is -2.38. The Morgan fingerprint density at radius 2 is 1.89 bits per heavy atom. The molecule has 1 aliphatic heterocycles. The van der Waals surface area contributed by atoms with Crippen LogP contribution in [0.4, 0.5) is 8.78 Å². The van der Waals surface area contributed by atoms with E-state index in [1.165, 1.54) is 4.31 Å². The largest absolute Gasteiger partial charge is 0.246 e. The summed E-state index contributed by atoms with van der Waals surface area (Å²) in [7, 11) is -4.00. The first-order chi connectivity index (χ1) is 8.96. The van der Waals surface area contributed by atoms with Gasteiger partial charge in [0.2, 0.25) is 10.0 Å². The molecule has 2 rings (SSSR count). The standard InChI is InChI=1S/C11H12ClF2NO2S2/c12-7-8-5-9(13)11(14)10(6-8)19(16,17)15-1-3-18-4-2-15/h5-6H,1-4,7H2. The quantitative estimate of drug-likeness (QED) is 0.800. The van der Waals surface area contributed by atoms with Crippen molar-refractivity contribution in [1.82, 2.24) is 4.31 Å². The Morgan fingerprint density at radius 3 is 2.47 bits per heavy atom. The van der Waals surface area contributed by atoms with Gasteiger partial charge in [0.25, 0.3) is 0 Å². The van der Waals surface area contributed by atoms with E-state index in [1.807, 2.05) is 0 Å². The summed E-state index contributed by atoms with van der Waals surface area (Å²) in [6.45, 7) is 0.609. The van der Waals surface area contributed by atoms with Crippen LogP contribution in [0.25, 0.3) is 0 Å². The minimum absolute atomic E-state index is 0.0738. The van der Waals surface area contributed by atoms with Gasteiger partial charge in [-0.05, 0) is 17.7 Å². The van der Waals surface area contributed by atoms with Gasteiger partial charge in [0.05, 0.1) is 0 Å². The molecule has 1 saturated heterocycles. The van der Waals surface area contributed by atoms with Crippen LogP contribution in [0.15, 0.2) is 17.0 Å². The Labute approximate surface area is 120 Å². The van der Waals surface area contributed by atoms with Crippen molar-refractivity contribution >= 4 is 33.4 Å². The summed E-state index contributed by atoms with van der Waals surface area (Å²) in [4.78, 5) is -0.630. The highest BCUT2D eigenvalue weighted by atomic mass is 35.5. The summed E-state index contributed by atoms with van der Waals surface area (Å²) in [5, 5.41) is 0. The van der Waals surface area contributed by atoms with Gasteiger partial charge >= 0.3 is 0 Å². The zero-order valence-electron chi connectivity index (χ0n) is 9.90. The Balaban J connectivity index is 2.47. The first-order valence-corrected chi connectivity index (χ1v) is 8.71. The predicted octanol–water partition coefficient (Wildman–Crippen LogP) is 2.44. The summed E-state index contributed by atoms with van der Waals surface area (Å²) >= 11 is 7.19. The summed E-state index contributed by atoms with van der Waals surface area (Å²) in [5.41, 5.74) is 0.241. The zero-order chi connectivity index (χ0) is 14.0. The summed E-state index contributed by atoms with van der Waals surface area (Å²) < 4.78 is 52.9. The molecule has 1 aromatic rings. The van der Waals surface area contributed by atoms with Gasteiger partial charge in [-0.1, -0.05) is 0 Å². The molecule has 1 heterocycles. The first kappa shape index (κ1) is 15.0. The molecule has 0 N–H and O–H groups in total. The van der Waals surface area contributed by atoms with E-state index in [2.05, 4.69) is 0 Å². The molecule has 106 valence electrons. The lowest BCUT2D eigenvalue weighted by atomic mass is 10.2. The lowest BCUT2D eigenvalue weighted by molar-refractivity contribution is 0.430. The molecular formula is C11H12ClF2NO2S2. The molecule has 1 aliphatic rings. The monoisotopic (exact) mass is 327 g/mol. The number of nitrogens with zero attached hydrogens (tertiary/aromatic N) is 1. The van der Waals surface area contributed by atoms with Gasteiger partial charge in [-0.25, -0.2) is 17.2 Å². The molecule has 0 saturated carbocycles. The van der Waals surface area contributed by atoms with Crippen molar-refractivity contribution in [3.63, 3.8) is 0 Å². The maximum atomic E-state index is 13.7. The number of benzene rings is 1. The third-order valence-corrected chi connectivity index (χ3v) is 5.95. The molecule has 1 aromatic carbocycles. The van der Waals surface area contributed by atoms with Crippen LogP contribution in [-0.2, 0) is 15.9 Å². The van der Waals surface area contributed by atoms with E-state index in [0.29, 0.717) is 24.6 Å². The number of halogens is 3. The average molecular weight is 328 g/mol. The van der Waals surface area contributed by atoms with Gasteiger partial charge < -0.3 is 0 Å². The topological polar surface area (TPSA) is 37.4 Å². The Bertz CT molecular complexity index is 574. The van der Waals surface area contributed by atoms with Crippen molar-refractivity contribution in [3.8, 4) is 0 Å². The highest BCUT2D eigenvalue weighted by molar-refractivity contribution is 7.99. The third-order valence-electron chi connectivity index (χ3n) is 2.80. The SMILES string of the molecule is O=S(=O)(c1cc(CCl)cc(F)c1F)N1CCSCC1. The zero-order valence-corrected chi connectivity index (χ0v) is 12.3. The molecule has 0 radical (unpaired) electrons. The molecule has 0 bridgehead atoms. The average Bonchev–Trinajstić information content (AvgIpc) is 2.42. The molecule has 0 atom stereocenters. The molecule has 8 heteroatoms. The number of thioether (sulfide) groups is 1. The van der Waals surface area contributed by atoms with E-state index in [-0.39, 0.29) is 11.4 Å². The number of rotatable bonds is 3. The smallest absolute Gasteiger partial charge is 0.207 e. The Hall–Kier alpha value is -0.370. The third kappa shape index (κ3) is 3.04. The normalized spacial score (nSPS) is 17.6. The van der Waals surface area contributed by atoms with Gasteiger partial charge in [-0.15, -0.1) is 11.6 Å². The molecule has 0 unspecified atom stereocenters.